The number of aliphatic carboxylic acids is 1. The van der Waals surface area contributed by atoms with Crippen molar-refractivity contribution in [2.45, 2.75) is 18.9 Å². The minimum atomic E-state index is -0.849. The molecule has 0 aromatic heterocycles. The van der Waals surface area contributed by atoms with Gasteiger partial charge in [0.15, 0.2) is 0 Å². The Morgan fingerprint density at radius 3 is 3.00 bits per heavy atom. The summed E-state index contributed by atoms with van der Waals surface area (Å²) in [5.41, 5.74) is 7.16. The molecule has 2 rings (SSSR count). The molecule has 3 N–H and O–H groups in total. The lowest BCUT2D eigenvalue weighted by Crippen LogP contribution is -2.43. The topological polar surface area (TPSA) is 92.9 Å². The molecule has 0 saturated carbocycles. The molecule has 1 aliphatic heterocycles. The van der Waals surface area contributed by atoms with Crippen molar-refractivity contribution in [3.63, 3.8) is 0 Å². The zero-order valence-corrected chi connectivity index (χ0v) is 10.6. The summed E-state index contributed by atoms with van der Waals surface area (Å²) in [4.78, 5) is 23.9. The monoisotopic (exact) mass is 264 g/mol. The number of ether oxygens (including phenoxy) is 1. The van der Waals surface area contributed by atoms with Crippen LogP contribution in [0.15, 0.2) is 18.2 Å². The Kier molecular flexibility index (Phi) is 3.71. The van der Waals surface area contributed by atoms with Gasteiger partial charge in [0.1, 0.15) is 18.4 Å². The molecule has 0 radical (unpaired) electrons. The summed E-state index contributed by atoms with van der Waals surface area (Å²) in [6.45, 7) is 0.143. The molecule has 1 atom stereocenters. The van der Waals surface area contributed by atoms with Crippen molar-refractivity contribution in [2.24, 2.45) is 5.73 Å². The maximum atomic E-state index is 11.9. The number of carboxylic acid groups (broad SMARTS) is 1. The SMILES string of the molecule is CN1C(=O)[C@@H](N)COc2ccc(CCC(=O)O)cc21. The number of amides is 1. The number of fused-ring (bicyclic) bond motifs is 1. The highest BCUT2D eigenvalue weighted by Gasteiger charge is 2.26. The molecule has 19 heavy (non-hydrogen) atoms. The fourth-order valence-corrected chi connectivity index (χ4v) is 1.97. The number of nitrogens with zero attached hydrogens (tertiary/aromatic N) is 1. The van der Waals surface area contributed by atoms with Gasteiger partial charge >= 0.3 is 5.97 Å². The van der Waals surface area contributed by atoms with E-state index in [4.69, 9.17) is 15.6 Å². The van der Waals surface area contributed by atoms with Crippen molar-refractivity contribution in [2.75, 3.05) is 18.6 Å². The van der Waals surface area contributed by atoms with Gasteiger partial charge in [-0.2, -0.15) is 0 Å². The summed E-state index contributed by atoms with van der Waals surface area (Å²) in [7, 11) is 1.64. The quantitative estimate of drug-likeness (QED) is 0.823. The Morgan fingerprint density at radius 1 is 1.58 bits per heavy atom. The summed E-state index contributed by atoms with van der Waals surface area (Å²) in [5.74, 6) is -0.477. The van der Waals surface area contributed by atoms with Crippen molar-refractivity contribution >= 4 is 17.6 Å². The molecule has 0 saturated heterocycles. The van der Waals surface area contributed by atoms with Crippen LogP contribution in [-0.2, 0) is 16.0 Å². The van der Waals surface area contributed by atoms with Gasteiger partial charge in [0.25, 0.3) is 0 Å². The Morgan fingerprint density at radius 2 is 2.32 bits per heavy atom. The van der Waals surface area contributed by atoms with E-state index in [0.717, 1.165) is 5.56 Å². The van der Waals surface area contributed by atoms with Crippen LogP contribution < -0.4 is 15.4 Å². The lowest BCUT2D eigenvalue weighted by molar-refractivity contribution is -0.137. The van der Waals surface area contributed by atoms with Crippen molar-refractivity contribution < 1.29 is 19.4 Å². The van der Waals surface area contributed by atoms with Gasteiger partial charge < -0.3 is 20.5 Å². The molecule has 0 spiro atoms. The van der Waals surface area contributed by atoms with Crippen LogP contribution in [0.2, 0.25) is 0 Å². The van der Waals surface area contributed by atoms with Crippen LogP contribution in [0.3, 0.4) is 0 Å². The van der Waals surface area contributed by atoms with Crippen LogP contribution >= 0.6 is 0 Å². The maximum Gasteiger partial charge on any atom is 0.303 e. The first-order valence-electron chi connectivity index (χ1n) is 5.99. The normalized spacial score (nSPS) is 18.5. The molecule has 1 aliphatic rings. The van der Waals surface area contributed by atoms with Gasteiger partial charge in [-0.1, -0.05) is 6.07 Å². The lowest BCUT2D eigenvalue weighted by atomic mass is 10.1. The van der Waals surface area contributed by atoms with E-state index in [9.17, 15) is 9.59 Å². The number of carboxylic acids is 1. The second kappa shape index (κ2) is 5.27. The lowest BCUT2D eigenvalue weighted by Gasteiger charge is -2.18. The smallest absolute Gasteiger partial charge is 0.303 e. The Labute approximate surface area is 110 Å². The summed E-state index contributed by atoms with van der Waals surface area (Å²) in [5, 5.41) is 8.68. The largest absolute Gasteiger partial charge is 0.489 e. The minimum Gasteiger partial charge on any atom is -0.489 e. The van der Waals surface area contributed by atoms with E-state index in [2.05, 4.69) is 0 Å². The fourth-order valence-electron chi connectivity index (χ4n) is 1.97. The predicted molar refractivity (Wildman–Crippen MR) is 69.3 cm³/mol. The van der Waals surface area contributed by atoms with Gasteiger partial charge in [-0.15, -0.1) is 0 Å². The summed E-state index contributed by atoms with van der Waals surface area (Å²) in [6.07, 6.45) is 0.466. The molecule has 102 valence electrons. The second-order valence-corrected chi connectivity index (χ2v) is 4.51. The van der Waals surface area contributed by atoms with E-state index in [0.29, 0.717) is 17.9 Å². The van der Waals surface area contributed by atoms with Crippen LogP contribution in [0.4, 0.5) is 5.69 Å². The molecule has 0 bridgehead atoms. The first-order chi connectivity index (χ1) is 8.99. The van der Waals surface area contributed by atoms with Gasteiger partial charge in [-0.25, -0.2) is 0 Å². The molecule has 1 heterocycles. The van der Waals surface area contributed by atoms with Crippen LogP contribution in [0, 0.1) is 0 Å². The molecule has 1 aromatic rings. The van der Waals surface area contributed by atoms with E-state index >= 15 is 0 Å². The second-order valence-electron chi connectivity index (χ2n) is 4.51. The van der Waals surface area contributed by atoms with Gasteiger partial charge in [0.05, 0.1) is 5.69 Å². The van der Waals surface area contributed by atoms with E-state index in [-0.39, 0.29) is 18.9 Å². The average molecular weight is 264 g/mol. The van der Waals surface area contributed by atoms with Crippen LogP contribution in [0.1, 0.15) is 12.0 Å². The van der Waals surface area contributed by atoms with Gasteiger partial charge in [0.2, 0.25) is 5.91 Å². The van der Waals surface area contributed by atoms with Crippen LogP contribution in [0.25, 0.3) is 0 Å². The van der Waals surface area contributed by atoms with Crippen molar-refractivity contribution in [1.82, 2.24) is 0 Å². The minimum absolute atomic E-state index is 0.0524. The number of likely N-dealkylation sites (N-methyl/N-ethyl adjacent to an activating group) is 1. The van der Waals surface area contributed by atoms with E-state index in [1.54, 1.807) is 25.2 Å². The molecular weight excluding hydrogens is 248 g/mol. The number of hydrogen-bond acceptors (Lipinski definition) is 4. The predicted octanol–water partition coefficient (Wildman–Crippen LogP) is 0.386. The van der Waals surface area contributed by atoms with Crippen molar-refractivity contribution in [1.29, 1.82) is 0 Å². The number of carbonyl (C=O) groups is 2. The number of rotatable bonds is 3. The zero-order chi connectivity index (χ0) is 14.0. The third-order valence-corrected chi connectivity index (χ3v) is 3.08. The summed E-state index contributed by atoms with van der Waals surface area (Å²) >= 11 is 0. The molecule has 6 heteroatoms. The van der Waals surface area contributed by atoms with Crippen LogP contribution in [0.5, 0.6) is 5.75 Å². The van der Waals surface area contributed by atoms with Crippen molar-refractivity contribution in [3.05, 3.63) is 23.8 Å². The molecule has 0 fully saturated rings. The first kappa shape index (κ1) is 13.4. The fraction of sp³-hybridized carbons (Fsp3) is 0.385. The van der Waals surface area contributed by atoms with Crippen LogP contribution in [-0.4, -0.2) is 36.7 Å². The standard InChI is InChI=1S/C13H16N2O4/c1-15-10-6-8(3-5-12(16)17)2-4-11(10)19-7-9(14)13(15)18/h2,4,6,9H,3,5,7,14H2,1H3,(H,16,17)/t9-/m0/s1. The highest BCUT2D eigenvalue weighted by atomic mass is 16.5. The number of nitrogens with two attached hydrogens (primary N) is 1. The van der Waals surface area contributed by atoms with Gasteiger partial charge in [-0.3, -0.25) is 9.59 Å². The zero-order valence-electron chi connectivity index (χ0n) is 10.6. The Balaban J connectivity index is 2.28. The number of aryl methyl sites for hydroxylation is 1. The molecular formula is C13H16N2O4. The number of carbonyl (C=O) groups excluding carboxylic acids is 1. The van der Waals surface area contributed by atoms with Gasteiger partial charge in [-0.05, 0) is 24.1 Å². The average Bonchev–Trinajstić information content (AvgIpc) is 2.49. The van der Waals surface area contributed by atoms with Gasteiger partial charge in [0, 0.05) is 13.5 Å². The number of benzene rings is 1. The third-order valence-electron chi connectivity index (χ3n) is 3.08. The maximum absolute atomic E-state index is 11.9. The van der Waals surface area contributed by atoms with E-state index in [1.807, 2.05) is 0 Å². The summed E-state index contributed by atoms with van der Waals surface area (Å²) < 4.78 is 5.48. The third kappa shape index (κ3) is 2.85. The van der Waals surface area contributed by atoms with Crippen molar-refractivity contribution in [3.8, 4) is 5.75 Å². The molecule has 0 unspecified atom stereocenters. The summed E-state index contributed by atoms with van der Waals surface area (Å²) in [6, 6.07) is 4.64. The molecule has 1 amide bonds. The Bertz CT molecular complexity index is 515. The number of anilines is 1. The van der Waals surface area contributed by atoms with E-state index < -0.39 is 12.0 Å². The Hall–Kier alpha value is -2.08. The number of hydrogen-bond donors (Lipinski definition) is 2. The molecule has 6 nitrogen and oxygen atoms in total. The molecule has 1 aromatic carbocycles. The highest BCUT2D eigenvalue weighted by Crippen LogP contribution is 2.31. The molecule has 0 aliphatic carbocycles. The first-order valence-corrected chi connectivity index (χ1v) is 5.99. The highest BCUT2D eigenvalue weighted by molar-refractivity contribution is 5.98. The van der Waals surface area contributed by atoms with E-state index in [1.165, 1.54) is 4.90 Å².